The Morgan fingerprint density at radius 3 is 2.58 bits per heavy atom. The highest BCUT2D eigenvalue weighted by Crippen LogP contribution is 2.07. The fourth-order valence-corrected chi connectivity index (χ4v) is 1.43. The topological polar surface area (TPSA) is 57.5 Å². The van der Waals surface area contributed by atoms with Gasteiger partial charge in [0.15, 0.2) is 5.96 Å². The Morgan fingerprint density at radius 2 is 2.11 bits per heavy atom. The normalized spacial score (nSPS) is 12.9. The van der Waals surface area contributed by atoms with Crippen molar-refractivity contribution in [3.8, 4) is 0 Å². The van der Waals surface area contributed by atoms with Crippen LogP contribution in [0.5, 0.6) is 0 Å². The van der Waals surface area contributed by atoms with Gasteiger partial charge in [-0.05, 0) is 34.0 Å². The third-order valence-corrected chi connectivity index (χ3v) is 3.48. The molecular formula is C13H26N6. The zero-order chi connectivity index (χ0) is 14.5. The number of aliphatic imine (C=N–C) groups is 1. The molecule has 6 nitrogen and oxygen atoms in total. The van der Waals surface area contributed by atoms with Gasteiger partial charge in [-0.3, -0.25) is 9.67 Å². The first kappa shape index (κ1) is 15.5. The summed E-state index contributed by atoms with van der Waals surface area (Å²) in [6.45, 7) is 5.91. The van der Waals surface area contributed by atoms with Gasteiger partial charge in [-0.25, -0.2) is 0 Å². The highest BCUT2D eigenvalue weighted by Gasteiger charge is 2.20. The summed E-state index contributed by atoms with van der Waals surface area (Å²) in [7, 11) is 7.87. The molecule has 0 radical (unpaired) electrons. The molecule has 0 amide bonds. The Balaban J connectivity index is 2.46. The Hall–Kier alpha value is -1.56. The van der Waals surface area contributed by atoms with Gasteiger partial charge in [0, 0.05) is 32.4 Å². The second-order valence-corrected chi connectivity index (χ2v) is 5.43. The third-order valence-electron chi connectivity index (χ3n) is 3.48. The van der Waals surface area contributed by atoms with E-state index in [4.69, 9.17) is 0 Å². The molecule has 0 saturated carbocycles. The molecule has 0 aliphatic heterocycles. The van der Waals surface area contributed by atoms with Crippen LogP contribution >= 0.6 is 0 Å². The zero-order valence-corrected chi connectivity index (χ0v) is 12.9. The van der Waals surface area contributed by atoms with E-state index in [1.54, 1.807) is 13.2 Å². The molecule has 6 heteroatoms. The first-order chi connectivity index (χ1) is 8.86. The molecule has 0 bridgehead atoms. The van der Waals surface area contributed by atoms with Gasteiger partial charge in [0.05, 0.1) is 12.2 Å². The van der Waals surface area contributed by atoms with Gasteiger partial charge in [0.25, 0.3) is 0 Å². The second-order valence-electron chi connectivity index (χ2n) is 5.43. The molecule has 108 valence electrons. The molecule has 1 aromatic heterocycles. The first-order valence-electron chi connectivity index (χ1n) is 6.45. The van der Waals surface area contributed by atoms with E-state index in [1.165, 1.54) is 0 Å². The van der Waals surface area contributed by atoms with Gasteiger partial charge >= 0.3 is 0 Å². The van der Waals surface area contributed by atoms with E-state index in [1.807, 2.05) is 17.8 Å². The monoisotopic (exact) mass is 266 g/mol. The number of aryl methyl sites for hydroxylation is 1. The van der Waals surface area contributed by atoms with Gasteiger partial charge in [-0.2, -0.15) is 5.10 Å². The predicted molar refractivity (Wildman–Crippen MR) is 79.2 cm³/mol. The van der Waals surface area contributed by atoms with Crippen molar-refractivity contribution in [3.05, 3.63) is 18.0 Å². The summed E-state index contributed by atoms with van der Waals surface area (Å²) in [4.78, 5) is 6.41. The molecule has 0 saturated heterocycles. The molecule has 0 aliphatic carbocycles. The molecule has 1 rings (SSSR count). The minimum absolute atomic E-state index is 0.0736. The van der Waals surface area contributed by atoms with Crippen molar-refractivity contribution in [1.82, 2.24) is 25.3 Å². The molecule has 0 spiro atoms. The second kappa shape index (κ2) is 6.56. The Kier molecular flexibility index (Phi) is 5.35. The summed E-state index contributed by atoms with van der Waals surface area (Å²) in [5, 5.41) is 10.8. The van der Waals surface area contributed by atoms with Crippen molar-refractivity contribution in [2.75, 3.05) is 27.7 Å². The number of likely N-dealkylation sites (N-methyl/N-ethyl adjacent to an activating group) is 1. The molecule has 19 heavy (non-hydrogen) atoms. The molecule has 1 aromatic rings. The fraction of sp³-hybridized carbons (Fsp3) is 0.692. The van der Waals surface area contributed by atoms with Gasteiger partial charge in [-0.1, -0.05) is 0 Å². The molecule has 1 heterocycles. The van der Waals surface area contributed by atoms with E-state index in [2.05, 4.69) is 53.6 Å². The minimum atomic E-state index is 0.0736. The van der Waals surface area contributed by atoms with Gasteiger partial charge in [-0.15, -0.1) is 0 Å². The Morgan fingerprint density at radius 1 is 1.42 bits per heavy atom. The van der Waals surface area contributed by atoms with E-state index < -0.39 is 0 Å². The average molecular weight is 266 g/mol. The largest absolute Gasteiger partial charge is 0.355 e. The van der Waals surface area contributed by atoms with Crippen LogP contribution in [0, 0.1) is 0 Å². The lowest BCUT2D eigenvalue weighted by Gasteiger charge is -2.33. The lowest BCUT2D eigenvalue weighted by atomic mass is 10.0. The highest BCUT2D eigenvalue weighted by molar-refractivity contribution is 5.79. The van der Waals surface area contributed by atoms with E-state index in [9.17, 15) is 0 Å². The van der Waals surface area contributed by atoms with Crippen LogP contribution in [-0.4, -0.2) is 53.9 Å². The molecule has 0 unspecified atom stereocenters. The number of nitrogens with one attached hydrogen (secondary N) is 2. The number of rotatable bonds is 5. The maximum Gasteiger partial charge on any atom is 0.191 e. The van der Waals surface area contributed by atoms with E-state index >= 15 is 0 Å². The number of aromatic nitrogens is 2. The summed E-state index contributed by atoms with van der Waals surface area (Å²) < 4.78 is 1.85. The van der Waals surface area contributed by atoms with Crippen molar-refractivity contribution in [2.24, 2.45) is 12.0 Å². The van der Waals surface area contributed by atoms with Crippen LogP contribution in [0.25, 0.3) is 0 Å². The van der Waals surface area contributed by atoms with Gasteiger partial charge in [0.2, 0.25) is 0 Å². The van der Waals surface area contributed by atoms with Crippen molar-refractivity contribution in [1.29, 1.82) is 0 Å². The zero-order valence-electron chi connectivity index (χ0n) is 12.9. The van der Waals surface area contributed by atoms with Crippen LogP contribution in [0.3, 0.4) is 0 Å². The van der Waals surface area contributed by atoms with Crippen molar-refractivity contribution >= 4 is 5.96 Å². The molecule has 0 fully saturated rings. The number of hydrogen-bond acceptors (Lipinski definition) is 3. The summed E-state index contributed by atoms with van der Waals surface area (Å²) in [6, 6.07) is 1.99. The fourth-order valence-electron chi connectivity index (χ4n) is 1.43. The predicted octanol–water partition coefficient (Wildman–Crippen LogP) is 0.425. The van der Waals surface area contributed by atoms with Crippen LogP contribution in [0.1, 0.15) is 19.5 Å². The van der Waals surface area contributed by atoms with Crippen LogP contribution in [0.15, 0.2) is 17.3 Å². The van der Waals surface area contributed by atoms with Crippen molar-refractivity contribution < 1.29 is 0 Å². The average Bonchev–Trinajstić information content (AvgIpc) is 2.75. The van der Waals surface area contributed by atoms with E-state index in [0.717, 1.165) is 18.2 Å². The van der Waals surface area contributed by atoms with Crippen molar-refractivity contribution in [2.45, 2.75) is 25.9 Å². The summed E-state index contributed by atoms with van der Waals surface area (Å²) in [6.07, 6.45) is 1.79. The highest BCUT2D eigenvalue weighted by atomic mass is 15.3. The standard InChI is InChI=1S/C13H26N6/c1-13(2,18(4)5)10-16-12(14-3)15-9-11-7-8-17-19(11)6/h7-8H,9-10H2,1-6H3,(H2,14,15,16). The number of guanidine groups is 1. The summed E-state index contributed by atoms with van der Waals surface area (Å²) in [5.41, 5.74) is 1.19. The summed E-state index contributed by atoms with van der Waals surface area (Å²) >= 11 is 0. The van der Waals surface area contributed by atoms with Gasteiger partial charge in [0.1, 0.15) is 0 Å². The van der Waals surface area contributed by atoms with Crippen LogP contribution in [0.2, 0.25) is 0 Å². The van der Waals surface area contributed by atoms with Gasteiger partial charge < -0.3 is 15.5 Å². The Bertz CT molecular complexity index is 419. The van der Waals surface area contributed by atoms with Crippen LogP contribution in [0.4, 0.5) is 0 Å². The number of nitrogens with zero attached hydrogens (tertiary/aromatic N) is 4. The lowest BCUT2D eigenvalue weighted by Crippen LogP contribution is -2.50. The molecule has 0 atom stereocenters. The first-order valence-corrected chi connectivity index (χ1v) is 6.45. The van der Waals surface area contributed by atoms with Crippen molar-refractivity contribution in [3.63, 3.8) is 0 Å². The Labute approximate surface area is 115 Å². The SMILES string of the molecule is CN=C(NCc1ccnn1C)NCC(C)(C)N(C)C. The van der Waals surface area contributed by atoms with Crippen LogP contribution in [-0.2, 0) is 13.6 Å². The molecule has 0 aromatic carbocycles. The maximum atomic E-state index is 4.23. The van der Waals surface area contributed by atoms with Crippen LogP contribution < -0.4 is 10.6 Å². The number of hydrogen-bond donors (Lipinski definition) is 2. The quantitative estimate of drug-likeness (QED) is 0.599. The molecular weight excluding hydrogens is 240 g/mol. The maximum absolute atomic E-state index is 4.23. The smallest absolute Gasteiger partial charge is 0.191 e. The summed E-state index contributed by atoms with van der Waals surface area (Å²) in [5.74, 6) is 0.802. The van der Waals surface area contributed by atoms with E-state index in [0.29, 0.717) is 6.54 Å². The molecule has 2 N–H and O–H groups in total. The lowest BCUT2D eigenvalue weighted by molar-refractivity contribution is 0.197. The molecule has 0 aliphatic rings. The minimum Gasteiger partial charge on any atom is -0.355 e. The van der Waals surface area contributed by atoms with E-state index in [-0.39, 0.29) is 5.54 Å². The third kappa shape index (κ3) is 4.55.